The first-order chi connectivity index (χ1) is 10.1. The molecule has 6 heteroatoms. The van der Waals surface area contributed by atoms with Gasteiger partial charge in [0, 0.05) is 31.4 Å². The number of hydrogen-bond donors (Lipinski definition) is 2. The van der Waals surface area contributed by atoms with Gasteiger partial charge in [0.2, 0.25) is 0 Å². The van der Waals surface area contributed by atoms with Crippen molar-refractivity contribution in [3.8, 4) is 0 Å². The molecule has 0 bridgehead atoms. The minimum atomic E-state index is -0.146. The first-order valence-electron chi connectivity index (χ1n) is 7.13. The maximum absolute atomic E-state index is 12.2. The predicted octanol–water partition coefficient (Wildman–Crippen LogP) is 1.69. The van der Waals surface area contributed by atoms with Crippen molar-refractivity contribution in [2.45, 2.75) is 19.4 Å². The Kier molecular flexibility index (Phi) is 5.16. The number of carbonyl (C=O) groups excluding carboxylic acids is 2. The van der Waals surface area contributed by atoms with E-state index in [1.54, 1.807) is 36.2 Å². The number of urea groups is 1. The van der Waals surface area contributed by atoms with E-state index in [4.69, 9.17) is 4.74 Å². The zero-order valence-corrected chi connectivity index (χ0v) is 12.4. The van der Waals surface area contributed by atoms with Gasteiger partial charge in [0.1, 0.15) is 0 Å². The summed E-state index contributed by atoms with van der Waals surface area (Å²) in [4.78, 5) is 25.4. The highest BCUT2D eigenvalue weighted by Crippen LogP contribution is 2.13. The molecule has 1 aromatic rings. The van der Waals surface area contributed by atoms with Crippen LogP contribution in [-0.4, -0.2) is 49.7 Å². The van der Waals surface area contributed by atoms with E-state index < -0.39 is 0 Å². The highest BCUT2D eigenvalue weighted by Gasteiger charge is 2.23. The maximum Gasteiger partial charge on any atom is 0.322 e. The van der Waals surface area contributed by atoms with Crippen LogP contribution in [-0.2, 0) is 4.74 Å². The van der Waals surface area contributed by atoms with Crippen molar-refractivity contribution in [1.82, 2.24) is 10.2 Å². The van der Waals surface area contributed by atoms with Gasteiger partial charge < -0.3 is 20.3 Å². The van der Waals surface area contributed by atoms with Crippen LogP contribution in [0, 0.1) is 0 Å². The van der Waals surface area contributed by atoms with Gasteiger partial charge in [-0.25, -0.2) is 4.79 Å². The van der Waals surface area contributed by atoms with Gasteiger partial charge in [0.25, 0.3) is 5.91 Å². The summed E-state index contributed by atoms with van der Waals surface area (Å²) in [6.07, 6.45) is 1.00. The average molecular weight is 291 g/mol. The second-order valence-electron chi connectivity index (χ2n) is 4.93. The first kappa shape index (κ1) is 15.3. The van der Waals surface area contributed by atoms with Crippen LogP contribution in [0.2, 0.25) is 0 Å². The van der Waals surface area contributed by atoms with Crippen molar-refractivity contribution < 1.29 is 14.3 Å². The molecule has 1 aliphatic heterocycles. The molecule has 0 unspecified atom stereocenters. The molecule has 3 amide bonds. The van der Waals surface area contributed by atoms with Crippen molar-refractivity contribution in [3.05, 3.63) is 29.8 Å². The molecule has 1 atom stereocenters. The third-order valence-corrected chi connectivity index (χ3v) is 3.51. The number of nitrogens with zero attached hydrogens (tertiary/aromatic N) is 1. The van der Waals surface area contributed by atoms with E-state index >= 15 is 0 Å². The van der Waals surface area contributed by atoms with E-state index in [0.717, 1.165) is 6.42 Å². The van der Waals surface area contributed by atoms with E-state index in [-0.39, 0.29) is 18.0 Å². The second-order valence-corrected chi connectivity index (χ2v) is 4.93. The van der Waals surface area contributed by atoms with E-state index in [1.807, 2.05) is 6.92 Å². The largest absolute Gasteiger partial charge is 0.375 e. The van der Waals surface area contributed by atoms with Crippen LogP contribution < -0.4 is 10.6 Å². The molecule has 0 aromatic heterocycles. The molecule has 1 heterocycles. The van der Waals surface area contributed by atoms with Crippen molar-refractivity contribution in [2.24, 2.45) is 0 Å². The molecule has 6 nitrogen and oxygen atoms in total. The van der Waals surface area contributed by atoms with Crippen LogP contribution in [0.25, 0.3) is 0 Å². The molecular formula is C15H21N3O3. The van der Waals surface area contributed by atoms with Crippen LogP contribution >= 0.6 is 0 Å². The zero-order chi connectivity index (χ0) is 15.2. The smallest absolute Gasteiger partial charge is 0.322 e. The fraction of sp³-hybridized carbons (Fsp3) is 0.467. The van der Waals surface area contributed by atoms with E-state index in [2.05, 4.69) is 10.6 Å². The Balaban J connectivity index is 1.94. The van der Waals surface area contributed by atoms with Crippen LogP contribution in [0.15, 0.2) is 24.3 Å². The number of hydrogen-bond acceptors (Lipinski definition) is 3. The van der Waals surface area contributed by atoms with Crippen molar-refractivity contribution in [2.75, 3.05) is 32.1 Å². The highest BCUT2D eigenvalue weighted by molar-refractivity contribution is 5.95. The summed E-state index contributed by atoms with van der Waals surface area (Å²) < 4.78 is 5.55. The number of ether oxygens (including phenoxy) is 1. The molecule has 0 radical (unpaired) electrons. The molecule has 114 valence electrons. The number of morpholine rings is 1. The lowest BCUT2D eigenvalue weighted by molar-refractivity contribution is -0.0134. The molecular weight excluding hydrogens is 270 g/mol. The van der Waals surface area contributed by atoms with Crippen molar-refractivity contribution in [3.63, 3.8) is 0 Å². The minimum absolute atomic E-state index is 0.111. The first-order valence-corrected chi connectivity index (χ1v) is 7.13. The minimum Gasteiger partial charge on any atom is -0.375 e. The molecule has 0 spiro atoms. The molecule has 2 N–H and O–H groups in total. The maximum atomic E-state index is 12.2. The number of benzene rings is 1. The third-order valence-electron chi connectivity index (χ3n) is 3.51. The number of amides is 3. The Morgan fingerprint density at radius 1 is 1.33 bits per heavy atom. The summed E-state index contributed by atoms with van der Waals surface area (Å²) in [6, 6.07) is 6.68. The lowest BCUT2D eigenvalue weighted by Crippen LogP contribution is -2.47. The third kappa shape index (κ3) is 3.95. The van der Waals surface area contributed by atoms with Crippen molar-refractivity contribution in [1.29, 1.82) is 0 Å². The molecule has 2 rings (SSSR count). The normalized spacial score (nSPS) is 18.2. The summed E-state index contributed by atoms with van der Waals surface area (Å²) >= 11 is 0. The van der Waals surface area contributed by atoms with Crippen LogP contribution in [0.3, 0.4) is 0 Å². The number of rotatable bonds is 3. The Bertz CT molecular complexity index is 501. The average Bonchev–Trinajstić information content (AvgIpc) is 2.54. The van der Waals surface area contributed by atoms with Crippen molar-refractivity contribution >= 4 is 17.6 Å². The summed E-state index contributed by atoms with van der Waals surface area (Å²) in [5.74, 6) is -0.146. The summed E-state index contributed by atoms with van der Waals surface area (Å²) in [7, 11) is 1.58. The fourth-order valence-corrected chi connectivity index (χ4v) is 2.20. The van der Waals surface area contributed by atoms with E-state index in [0.29, 0.717) is 30.9 Å². The zero-order valence-electron chi connectivity index (χ0n) is 12.4. The predicted molar refractivity (Wildman–Crippen MR) is 80.5 cm³/mol. The van der Waals surface area contributed by atoms with Crippen LogP contribution in [0.4, 0.5) is 10.5 Å². The number of nitrogens with one attached hydrogen (secondary N) is 2. The van der Waals surface area contributed by atoms with Crippen LogP contribution in [0.1, 0.15) is 23.7 Å². The van der Waals surface area contributed by atoms with Gasteiger partial charge in [-0.05, 0) is 30.7 Å². The van der Waals surface area contributed by atoms with Gasteiger partial charge in [-0.1, -0.05) is 6.92 Å². The van der Waals surface area contributed by atoms with E-state index in [1.165, 1.54) is 0 Å². The Hall–Kier alpha value is -2.08. The summed E-state index contributed by atoms with van der Waals surface area (Å²) in [5, 5.41) is 5.40. The lowest BCUT2D eigenvalue weighted by atomic mass is 10.2. The molecule has 0 aliphatic carbocycles. The Morgan fingerprint density at radius 3 is 2.67 bits per heavy atom. The van der Waals surface area contributed by atoms with E-state index in [9.17, 15) is 9.59 Å². The molecule has 1 fully saturated rings. The molecule has 21 heavy (non-hydrogen) atoms. The summed E-state index contributed by atoms with van der Waals surface area (Å²) in [6.45, 7) is 3.82. The number of carbonyl (C=O) groups is 2. The Labute approximate surface area is 124 Å². The number of anilines is 1. The van der Waals surface area contributed by atoms with Gasteiger partial charge in [-0.15, -0.1) is 0 Å². The van der Waals surface area contributed by atoms with Gasteiger partial charge >= 0.3 is 6.03 Å². The van der Waals surface area contributed by atoms with Crippen LogP contribution in [0.5, 0.6) is 0 Å². The Morgan fingerprint density at radius 2 is 2.05 bits per heavy atom. The SMILES string of the molecule is CC[C@H]1CN(C(=O)Nc2ccc(C(=O)NC)cc2)CCO1. The summed E-state index contributed by atoms with van der Waals surface area (Å²) in [5.41, 5.74) is 1.24. The van der Waals surface area contributed by atoms with Gasteiger partial charge in [-0.3, -0.25) is 4.79 Å². The molecule has 1 aliphatic rings. The van der Waals surface area contributed by atoms with Gasteiger partial charge in [-0.2, -0.15) is 0 Å². The second kappa shape index (κ2) is 7.08. The topological polar surface area (TPSA) is 70.7 Å². The quantitative estimate of drug-likeness (QED) is 0.890. The monoisotopic (exact) mass is 291 g/mol. The molecule has 1 saturated heterocycles. The highest BCUT2D eigenvalue weighted by atomic mass is 16.5. The fourth-order valence-electron chi connectivity index (χ4n) is 2.20. The standard InChI is InChI=1S/C15H21N3O3/c1-3-13-10-18(8-9-21-13)15(20)17-12-6-4-11(5-7-12)14(19)16-2/h4-7,13H,3,8-10H2,1-2H3,(H,16,19)(H,17,20)/t13-/m0/s1. The molecule has 1 aromatic carbocycles. The molecule has 0 saturated carbocycles. The van der Waals surface area contributed by atoms with Gasteiger partial charge in [0.05, 0.1) is 12.7 Å². The lowest BCUT2D eigenvalue weighted by Gasteiger charge is -2.32. The van der Waals surface area contributed by atoms with Gasteiger partial charge in [0.15, 0.2) is 0 Å².